The lowest BCUT2D eigenvalue weighted by Crippen LogP contribution is -2.26. The number of halogens is 1. The third-order valence-corrected chi connectivity index (χ3v) is 1.85. The van der Waals surface area contributed by atoms with Crippen LogP contribution in [0.1, 0.15) is 0 Å². The van der Waals surface area contributed by atoms with E-state index in [2.05, 4.69) is 5.32 Å². The van der Waals surface area contributed by atoms with Crippen LogP contribution in [0, 0.1) is 0 Å². The van der Waals surface area contributed by atoms with Gasteiger partial charge in [0.15, 0.2) is 0 Å². The Morgan fingerprint density at radius 1 is 1.53 bits per heavy atom. The second-order valence-electron chi connectivity index (χ2n) is 2.88. The van der Waals surface area contributed by atoms with Crippen LogP contribution in [0.3, 0.4) is 0 Å². The Labute approximate surface area is 92.8 Å². The molecule has 0 unspecified atom stereocenters. The molecule has 0 saturated carbocycles. The summed E-state index contributed by atoms with van der Waals surface area (Å²) in [5.41, 5.74) is 0. The number of carboxylic acids is 1. The summed E-state index contributed by atoms with van der Waals surface area (Å²) in [4.78, 5) is 10.2. The predicted molar refractivity (Wildman–Crippen MR) is 57.5 cm³/mol. The number of nitrogens with one attached hydrogen (secondary N) is 1. The van der Waals surface area contributed by atoms with E-state index in [9.17, 15) is 4.79 Å². The number of carboxylic acid groups (broad SMARTS) is 1. The van der Waals surface area contributed by atoms with E-state index in [4.69, 9.17) is 21.4 Å². The van der Waals surface area contributed by atoms with E-state index < -0.39 is 5.97 Å². The molecular formula is C10H12ClNO3. The van der Waals surface area contributed by atoms with Gasteiger partial charge in [-0.05, 0) is 18.2 Å². The highest BCUT2D eigenvalue weighted by molar-refractivity contribution is 6.30. The molecule has 0 aliphatic carbocycles. The van der Waals surface area contributed by atoms with E-state index in [0.717, 1.165) is 0 Å². The molecule has 82 valence electrons. The van der Waals surface area contributed by atoms with E-state index >= 15 is 0 Å². The van der Waals surface area contributed by atoms with E-state index in [0.29, 0.717) is 23.9 Å². The van der Waals surface area contributed by atoms with Crippen molar-refractivity contribution in [2.24, 2.45) is 0 Å². The molecule has 0 aromatic heterocycles. The molecule has 0 spiro atoms. The topological polar surface area (TPSA) is 58.6 Å². The summed E-state index contributed by atoms with van der Waals surface area (Å²) < 4.78 is 5.33. The van der Waals surface area contributed by atoms with Crippen LogP contribution in [0.15, 0.2) is 24.3 Å². The van der Waals surface area contributed by atoms with Crippen molar-refractivity contribution in [3.05, 3.63) is 29.3 Å². The maximum Gasteiger partial charge on any atom is 0.317 e. The zero-order chi connectivity index (χ0) is 11.1. The maximum atomic E-state index is 10.2. The quantitative estimate of drug-likeness (QED) is 0.724. The number of benzene rings is 1. The van der Waals surface area contributed by atoms with Crippen LogP contribution in [0.4, 0.5) is 0 Å². The predicted octanol–water partition coefficient (Wildman–Crippen LogP) is 1.39. The third kappa shape index (κ3) is 5.24. The smallest absolute Gasteiger partial charge is 0.317 e. The second-order valence-corrected chi connectivity index (χ2v) is 3.31. The summed E-state index contributed by atoms with van der Waals surface area (Å²) >= 11 is 5.75. The largest absolute Gasteiger partial charge is 0.492 e. The van der Waals surface area contributed by atoms with Crippen molar-refractivity contribution in [3.8, 4) is 5.75 Å². The molecule has 0 fully saturated rings. The Morgan fingerprint density at radius 2 is 2.33 bits per heavy atom. The number of carbonyl (C=O) groups is 1. The zero-order valence-corrected chi connectivity index (χ0v) is 8.83. The van der Waals surface area contributed by atoms with Gasteiger partial charge in [-0.15, -0.1) is 0 Å². The molecule has 2 N–H and O–H groups in total. The number of hydrogen-bond acceptors (Lipinski definition) is 3. The minimum Gasteiger partial charge on any atom is -0.492 e. The van der Waals surface area contributed by atoms with Gasteiger partial charge in [0, 0.05) is 11.6 Å². The molecule has 5 heteroatoms. The lowest BCUT2D eigenvalue weighted by molar-refractivity contribution is -0.135. The number of ether oxygens (including phenoxy) is 1. The third-order valence-electron chi connectivity index (χ3n) is 1.62. The van der Waals surface area contributed by atoms with Gasteiger partial charge in [0.1, 0.15) is 12.4 Å². The van der Waals surface area contributed by atoms with Gasteiger partial charge >= 0.3 is 5.97 Å². The summed E-state index contributed by atoms with van der Waals surface area (Å²) in [5.74, 6) is -0.197. The SMILES string of the molecule is O=C(O)CNCCOc1cccc(Cl)c1. The molecule has 0 radical (unpaired) electrons. The molecule has 1 aromatic carbocycles. The maximum absolute atomic E-state index is 10.2. The van der Waals surface area contributed by atoms with Gasteiger partial charge < -0.3 is 15.2 Å². The number of aliphatic carboxylic acids is 1. The normalized spacial score (nSPS) is 9.93. The van der Waals surface area contributed by atoms with Gasteiger partial charge in [-0.1, -0.05) is 17.7 Å². The molecule has 1 aromatic rings. The highest BCUT2D eigenvalue weighted by Gasteiger charge is 1.96. The summed E-state index contributed by atoms with van der Waals surface area (Å²) in [6.07, 6.45) is 0. The molecule has 0 atom stereocenters. The Hall–Kier alpha value is -1.26. The van der Waals surface area contributed by atoms with Crippen LogP contribution in [0.2, 0.25) is 5.02 Å². The standard InChI is InChI=1S/C10H12ClNO3/c11-8-2-1-3-9(6-8)15-5-4-12-7-10(13)14/h1-3,6,12H,4-5,7H2,(H,13,14). The van der Waals surface area contributed by atoms with Gasteiger partial charge in [-0.25, -0.2) is 0 Å². The fraction of sp³-hybridized carbons (Fsp3) is 0.300. The lowest BCUT2D eigenvalue weighted by Gasteiger charge is -2.06. The fourth-order valence-corrected chi connectivity index (χ4v) is 1.17. The van der Waals surface area contributed by atoms with E-state index in [-0.39, 0.29) is 6.54 Å². The Kier molecular flexibility index (Phi) is 4.93. The minimum atomic E-state index is -0.877. The summed E-state index contributed by atoms with van der Waals surface area (Å²) in [7, 11) is 0. The first kappa shape index (κ1) is 11.8. The van der Waals surface area contributed by atoms with Crippen molar-refractivity contribution in [1.29, 1.82) is 0 Å². The van der Waals surface area contributed by atoms with Crippen molar-refractivity contribution < 1.29 is 14.6 Å². The van der Waals surface area contributed by atoms with E-state index in [1.165, 1.54) is 0 Å². The van der Waals surface area contributed by atoms with Crippen LogP contribution in [0.5, 0.6) is 5.75 Å². The van der Waals surface area contributed by atoms with Crippen LogP contribution in [-0.2, 0) is 4.79 Å². The minimum absolute atomic E-state index is 0.0566. The number of hydrogen-bond donors (Lipinski definition) is 2. The van der Waals surface area contributed by atoms with Gasteiger partial charge in [0.25, 0.3) is 0 Å². The van der Waals surface area contributed by atoms with Gasteiger partial charge in [-0.3, -0.25) is 4.79 Å². The van der Waals surface area contributed by atoms with E-state index in [1.807, 2.05) is 0 Å². The van der Waals surface area contributed by atoms with Crippen molar-refractivity contribution in [2.75, 3.05) is 19.7 Å². The van der Waals surface area contributed by atoms with Crippen LogP contribution in [0.25, 0.3) is 0 Å². The fourth-order valence-electron chi connectivity index (χ4n) is 0.993. The molecule has 0 aliphatic rings. The second kappa shape index (κ2) is 6.27. The Bertz CT molecular complexity index is 330. The first-order chi connectivity index (χ1) is 7.18. The van der Waals surface area contributed by atoms with Crippen molar-refractivity contribution >= 4 is 17.6 Å². The lowest BCUT2D eigenvalue weighted by atomic mass is 10.3. The average Bonchev–Trinajstić information content (AvgIpc) is 2.17. The highest BCUT2D eigenvalue weighted by Crippen LogP contribution is 2.16. The van der Waals surface area contributed by atoms with Gasteiger partial charge in [0.2, 0.25) is 0 Å². The molecule has 0 aliphatic heterocycles. The first-order valence-corrected chi connectivity index (χ1v) is 4.87. The van der Waals surface area contributed by atoms with E-state index in [1.54, 1.807) is 24.3 Å². The first-order valence-electron chi connectivity index (χ1n) is 4.49. The Morgan fingerprint density at radius 3 is 3.00 bits per heavy atom. The molecule has 0 heterocycles. The van der Waals surface area contributed by atoms with Crippen LogP contribution >= 0.6 is 11.6 Å². The number of rotatable bonds is 6. The van der Waals surface area contributed by atoms with Crippen LogP contribution < -0.4 is 10.1 Å². The summed E-state index contributed by atoms with van der Waals surface area (Å²) in [6.45, 7) is 0.839. The zero-order valence-electron chi connectivity index (χ0n) is 8.07. The van der Waals surface area contributed by atoms with Crippen molar-refractivity contribution in [1.82, 2.24) is 5.32 Å². The van der Waals surface area contributed by atoms with Gasteiger partial charge in [-0.2, -0.15) is 0 Å². The molecule has 15 heavy (non-hydrogen) atoms. The molecule has 0 amide bonds. The monoisotopic (exact) mass is 229 g/mol. The summed E-state index contributed by atoms with van der Waals surface area (Å²) in [6, 6.07) is 7.06. The molecule has 0 bridgehead atoms. The average molecular weight is 230 g/mol. The van der Waals surface area contributed by atoms with Gasteiger partial charge in [0.05, 0.1) is 6.54 Å². The highest BCUT2D eigenvalue weighted by atomic mass is 35.5. The van der Waals surface area contributed by atoms with Crippen molar-refractivity contribution in [3.63, 3.8) is 0 Å². The molecular weight excluding hydrogens is 218 g/mol. The van der Waals surface area contributed by atoms with Crippen LogP contribution in [-0.4, -0.2) is 30.8 Å². The summed E-state index contributed by atoms with van der Waals surface area (Å²) in [5, 5.41) is 11.7. The molecule has 1 rings (SSSR count). The Balaban J connectivity index is 2.17. The molecule has 4 nitrogen and oxygen atoms in total. The molecule has 0 saturated heterocycles. The van der Waals surface area contributed by atoms with Crippen molar-refractivity contribution in [2.45, 2.75) is 0 Å².